The van der Waals surface area contributed by atoms with E-state index in [2.05, 4.69) is 120 Å². The molecule has 0 unspecified atom stereocenters. The van der Waals surface area contributed by atoms with Crippen LogP contribution < -0.4 is 61.9 Å². The third-order valence-electron chi connectivity index (χ3n) is 14.1. The minimum atomic E-state index is -1.01. The largest absolute Gasteiger partial charge is 1.00 e. The number of fused-ring (bicyclic) bond motifs is 2. The normalized spacial score (nSPS) is 16.6. The Balaban J connectivity index is 0.000000247. The summed E-state index contributed by atoms with van der Waals surface area (Å²) >= 11 is 12.9. The summed E-state index contributed by atoms with van der Waals surface area (Å²) in [4.78, 5) is 89.2. The first-order chi connectivity index (χ1) is 44.1. The monoisotopic (exact) mass is 1330 g/mol. The number of rotatable bonds is 12. The molecule has 2 saturated carbocycles. The predicted molar refractivity (Wildman–Crippen MR) is 360 cm³/mol. The molecule has 10 rings (SSSR count). The van der Waals surface area contributed by atoms with Crippen LogP contribution in [0.5, 0.6) is 0 Å². The fraction of sp³-hybridized carbons (Fsp3) is 0.382. The van der Waals surface area contributed by atoms with Crippen molar-refractivity contribution in [2.75, 3.05) is 21.3 Å². The smallest absolute Gasteiger partial charge is 0.793 e. The van der Waals surface area contributed by atoms with E-state index in [0.29, 0.717) is 45.4 Å². The van der Waals surface area contributed by atoms with Crippen molar-refractivity contribution < 1.29 is 87.3 Å². The van der Waals surface area contributed by atoms with Crippen molar-refractivity contribution >= 4 is 102 Å². The van der Waals surface area contributed by atoms with Gasteiger partial charge in [0.25, 0.3) is 0 Å². The number of carbonyl (C=O) groups excluding carboxylic acids is 5. The maximum atomic E-state index is 12.0. The number of benzene rings is 4. The number of hydrogen-bond acceptors (Lipinski definition) is 19. The summed E-state index contributed by atoms with van der Waals surface area (Å²) in [5, 5.41) is 25.8. The Kier molecular flexibility index (Phi) is 30.4. The summed E-state index contributed by atoms with van der Waals surface area (Å²) in [7, 11) is 4.32. The van der Waals surface area contributed by atoms with E-state index < -0.39 is 47.3 Å². The predicted octanol–water partition coefficient (Wildman–Crippen LogP) is 10.2. The van der Waals surface area contributed by atoms with E-state index in [1.165, 1.54) is 53.4 Å². The Hall–Kier alpha value is -7.90. The molecule has 2 heterocycles. The number of allylic oxidation sites excluding steroid dienone is 2. The van der Waals surface area contributed by atoms with Crippen molar-refractivity contribution in [2.24, 2.45) is 5.73 Å². The zero-order valence-electron chi connectivity index (χ0n) is 54.8. The van der Waals surface area contributed by atoms with Crippen molar-refractivity contribution in [2.45, 2.75) is 168 Å². The van der Waals surface area contributed by atoms with Crippen molar-refractivity contribution in [3.8, 4) is 0 Å². The van der Waals surface area contributed by atoms with E-state index in [-0.39, 0.29) is 47.2 Å². The number of aromatic carboxylic acids is 1. The first-order valence-corrected chi connectivity index (χ1v) is 31.2. The molecular weight excluding hydrogens is 1250 g/mol. The first-order valence-electron chi connectivity index (χ1n) is 30.4. The molecule has 6 aromatic rings. The number of carboxylic acid groups (broad SMARTS) is 1. The fourth-order valence-corrected chi connectivity index (χ4v) is 10.5. The molecule has 22 nitrogen and oxygen atoms in total. The molecule has 0 aliphatic heterocycles. The molecule has 26 heteroatoms. The minimum absolute atomic E-state index is 0. The molecular formula is C68H81BCl2N10NaO12. The Morgan fingerprint density at radius 3 is 1.43 bits per heavy atom. The number of hydrogen-bond donors (Lipinski definition) is 7. The minimum Gasteiger partial charge on any atom is -0.793 e. The zero-order chi connectivity index (χ0) is 67.8. The molecule has 2 amide bonds. The summed E-state index contributed by atoms with van der Waals surface area (Å²) < 4.78 is 14.0. The topological polar surface area (TPSA) is 307 Å². The maximum Gasteiger partial charge on any atom is 1.00 e. The van der Waals surface area contributed by atoms with Crippen LogP contribution in [0.25, 0.3) is 11.1 Å². The van der Waals surface area contributed by atoms with Crippen LogP contribution in [-0.4, -0.2) is 105 Å². The first kappa shape index (κ1) is 76.8. The van der Waals surface area contributed by atoms with Gasteiger partial charge in [-0.25, -0.2) is 53.7 Å². The molecule has 4 aliphatic carbocycles. The third kappa shape index (κ3) is 26.5. The van der Waals surface area contributed by atoms with Crippen LogP contribution in [0.4, 0.5) is 32.9 Å². The Morgan fingerprint density at radius 2 is 1.01 bits per heavy atom. The van der Waals surface area contributed by atoms with E-state index in [0.717, 1.165) is 113 Å². The summed E-state index contributed by atoms with van der Waals surface area (Å²) in [6.07, 6.45) is 17.3. The second-order valence-corrected chi connectivity index (χ2v) is 25.0. The van der Waals surface area contributed by atoms with E-state index in [4.69, 9.17) is 53.5 Å². The van der Waals surface area contributed by atoms with Crippen molar-refractivity contribution in [1.29, 1.82) is 0 Å². The number of nitrogens with zero attached hydrogens (tertiary/aromatic N) is 4. The Morgan fingerprint density at radius 1 is 0.596 bits per heavy atom. The number of carbonyl (C=O) groups is 6. The summed E-state index contributed by atoms with van der Waals surface area (Å²) in [6, 6.07) is 31.8. The Bertz CT molecular complexity index is 3590. The van der Waals surface area contributed by atoms with E-state index >= 15 is 0 Å². The average molecular weight is 1340 g/mol. The zero-order valence-corrected chi connectivity index (χ0v) is 58.3. The number of amides is 2. The number of nitrogens with two attached hydrogens (primary N) is 1. The molecule has 4 atom stereocenters. The van der Waals surface area contributed by atoms with Gasteiger partial charge in [-0.05, 0) is 170 Å². The molecule has 94 heavy (non-hydrogen) atoms. The van der Waals surface area contributed by atoms with Gasteiger partial charge in [0.2, 0.25) is 17.9 Å². The van der Waals surface area contributed by atoms with Crippen molar-refractivity contribution in [3.63, 3.8) is 0 Å². The molecule has 493 valence electrons. The molecule has 2 fully saturated rings. The molecule has 0 bridgehead atoms. The van der Waals surface area contributed by atoms with Crippen LogP contribution in [0.3, 0.4) is 0 Å². The maximum absolute atomic E-state index is 12.0. The number of halogens is 2. The van der Waals surface area contributed by atoms with Crippen LogP contribution in [0.15, 0.2) is 122 Å². The van der Waals surface area contributed by atoms with Gasteiger partial charge in [-0.15, -0.1) is 0 Å². The summed E-state index contributed by atoms with van der Waals surface area (Å²) in [5.41, 5.74) is 16.3. The average Bonchev–Trinajstić information content (AvgIpc) is 1.62. The van der Waals surface area contributed by atoms with Gasteiger partial charge in [0.05, 0.1) is 39.4 Å². The summed E-state index contributed by atoms with van der Waals surface area (Å²) in [6.45, 7) is 15.1. The van der Waals surface area contributed by atoms with Gasteiger partial charge in [-0.1, -0.05) is 96.0 Å². The molecule has 8 N–H and O–H groups in total. The van der Waals surface area contributed by atoms with Crippen molar-refractivity contribution in [3.05, 3.63) is 176 Å². The van der Waals surface area contributed by atoms with Gasteiger partial charge < -0.3 is 49.0 Å². The van der Waals surface area contributed by atoms with E-state index in [1.807, 2.05) is 45.0 Å². The molecule has 2 aromatic heterocycles. The molecule has 4 aliphatic rings. The van der Waals surface area contributed by atoms with Gasteiger partial charge in [0.15, 0.2) is 0 Å². The molecule has 0 saturated heterocycles. The summed E-state index contributed by atoms with van der Waals surface area (Å²) in [5.74, 6) is -1.49. The van der Waals surface area contributed by atoms with Crippen LogP contribution in [-0.2, 0) is 57.7 Å². The van der Waals surface area contributed by atoms with Gasteiger partial charge in [0, 0.05) is 74.0 Å². The second-order valence-electron chi connectivity index (χ2n) is 24.2. The Labute approximate surface area is 582 Å². The SMILES string of the molecule is CC(=O)OOC(C)=O.CC(C)(C)OC(=O)Nc1ccc(C(=O)O)cc1.CC(C)(C)OC(=O)Nc1ccc(CN[C@H]2CCC[C@@H](Nc3ncc(Cl)c(C4=CCc5ccccc54)n3)C2)cc1.N[C@H]1CCC[C@@H](Nc2ncc(Cl)c(C3=CCc4ccccc43)n2)C1.[B-]OC(C)=O.[Na+]. The fourth-order valence-electron chi connectivity index (χ4n) is 10.1. The molecule has 4 aromatic carbocycles. The number of anilines is 4. The number of nitrogens with one attached hydrogen (secondary N) is 5. The van der Waals surface area contributed by atoms with Crippen LogP contribution in [0.2, 0.25) is 10.0 Å². The van der Waals surface area contributed by atoms with Gasteiger partial charge in [0.1, 0.15) is 11.2 Å². The van der Waals surface area contributed by atoms with E-state index in [9.17, 15) is 28.8 Å². The third-order valence-corrected chi connectivity index (χ3v) is 14.7. The van der Waals surface area contributed by atoms with Crippen LogP contribution in [0, 0.1) is 0 Å². The number of ether oxygens (including phenoxy) is 2. The van der Waals surface area contributed by atoms with Crippen molar-refractivity contribution in [1.82, 2.24) is 25.3 Å². The van der Waals surface area contributed by atoms with Gasteiger partial charge in [-0.2, -0.15) is 0 Å². The van der Waals surface area contributed by atoms with Gasteiger partial charge >= 0.3 is 59.7 Å². The number of aromatic nitrogens is 4. The second kappa shape index (κ2) is 37.3. The molecule has 3 radical (unpaired) electrons. The standard InChI is InChI=1S/C31H36ClN5O2.C19H21ClN4.C12H15NO4.C4H6O4.C2H3BO2.Na/c1-31(2,3)39-30(38)36-22-14-11-20(12-15-22)18-33-23-8-6-9-24(17-23)35-29-34-19-27(32)28(37-29)26-16-13-21-7-4-5-10-25(21)26;20-17-11-22-19(23-14-6-3-5-13(21)10-14)24-18(17)16-9-8-12-4-1-2-7-15(12)16;1-12(2,3)17-11(16)13-9-6-4-8(5-7-9)10(14)15;1-3(5)7-8-4(2)6;1-2(4)5-3;/h4-5,7,10-12,14-16,19,23-24,33H,6,8-9,13,17-18H2,1-3H3,(H,36,38)(H,34,35,37);1-2,4,7,9,11,13-14H,3,5-6,8,10,21H2,(H,22,23,24);4-7H,1-3H3,(H,13,16)(H,14,15);1-2H3;1H3;/q;;;;-1;+1/t23-,24+;13-,14+;;;;/m00..../s1. The van der Waals surface area contributed by atoms with E-state index in [1.54, 1.807) is 33.2 Å². The van der Waals surface area contributed by atoms with Crippen LogP contribution in [0.1, 0.15) is 163 Å². The number of carboxylic acids is 1. The van der Waals surface area contributed by atoms with Gasteiger partial charge in [-0.3, -0.25) is 15.4 Å². The van der Waals surface area contributed by atoms with Crippen LogP contribution >= 0.6 is 23.2 Å². The molecule has 0 spiro atoms. The quantitative estimate of drug-likeness (QED) is 0.0340.